The van der Waals surface area contributed by atoms with E-state index in [9.17, 15) is 14.4 Å². The number of benzene rings is 2. The molecule has 3 N–H and O–H groups in total. The molecule has 7 heteroatoms. The van der Waals surface area contributed by atoms with Crippen molar-refractivity contribution in [3.05, 3.63) is 59.7 Å². The molecule has 0 unspecified atom stereocenters. The minimum Gasteiger partial charge on any atom is -0.376 e. The first kappa shape index (κ1) is 18.4. The van der Waals surface area contributed by atoms with Crippen LogP contribution in [0.15, 0.2) is 48.5 Å². The summed E-state index contributed by atoms with van der Waals surface area (Å²) in [5.74, 6) is -0.526. The van der Waals surface area contributed by atoms with Crippen LogP contribution in [0.5, 0.6) is 0 Å². The van der Waals surface area contributed by atoms with Crippen molar-refractivity contribution in [2.24, 2.45) is 0 Å². The molecule has 4 amide bonds. The van der Waals surface area contributed by atoms with Crippen LogP contribution in [0.25, 0.3) is 0 Å². The maximum atomic E-state index is 12.9. The van der Waals surface area contributed by atoms with Crippen LogP contribution in [0, 0.1) is 0 Å². The van der Waals surface area contributed by atoms with Gasteiger partial charge in [0, 0.05) is 30.0 Å². The highest BCUT2D eigenvalue weighted by atomic mass is 16.2. The maximum Gasteiger partial charge on any atom is 0.321 e. The van der Waals surface area contributed by atoms with Crippen molar-refractivity contribution < 1.29 is 14.4 Å². The van der Waals surface area contributed by atoms with Crippen LogP contribution < -0.4 is 20.9 Å². The van der Waals surface area contributed by atoms with Gasteiger partial charge in [-0.2, -0.15) is 0 Å². The molecule has 27 heavy (non-hydrogen) atoms. The minimum absolute atomic E-state index is 0.0681. The van der Waals surface area contributed by atoms with Crippen molar-refractivity contribution in [3.8, 4) is 0 Å². The molecule has 140 valence electrons. The molecule has 3 rings (SSSR count). The lowest BCUT2D eigenvalue weighted by Gasteiger charge is -2.18. The highest BCUT2D eigenvalue weighted by Crippen LogP contribution is 2.29. The number of amides is 4. The summed E-state index contributed by atoms with van der Waals surface area (Å²) in [5, 5.41) is 7.64. The molecule has 0 bridgehead atoms. The molecule has 2 aromatic carbocycles. The number of fused-ring (bicyclic) bond motifs is 1. The van der Waals surface area contributed by atoms with Gasteiger partial charge in [0.2, 0.25) is 5.91 Å². The molecule has 2 aromatic rings. The van der Waals surface area contributed by atoms with Crippen LogP contribution >= 0.6 is 0 Å². The van der Waals surface area contributed by atoms with Gasteiger partial charge in [0.05, 0.1) is 6.54 Å². The average molecular weight is 366 g/mol. The summed E-state index contributed by atoms with van der Waals surface area (Å²) in [6.07, 6.45) is 0.847. The summed E-state index contributed by atoms with van der Waals surface area (Å²) in [7, 11) is 0. The Balaban J connectivity index is 1.63. The molecule has 0 atom stereocenters. The quantitative estimate of drug-likeness (QED) is 0.756. The molecule has 0 fully saturated rings. The first-order valence-corrected chi connectivity index (χ1v) is 8.90. The van der Waals surface area contributed by atoms with E-state index >= 15 is 0 Å². The van der Waals surface area contributed by atoms with E-state index in [0.717, 1.165) is 12.1 Å². The lowest BCUT2D eigenvalue weighted by Crippen LogP contribution is -2.41. The zero-order chi connectivity index (χ0) is 19.2. The second-order valence-corrected chi connectivity index (χ2v) is 6.18. The van der Waals surface area contributed by atoms with Gasteiger partial charge >= 0.3 is 6.03 Å². The first-order chi connectivity index (χ1) is 13.1. The number of carbonyl (C=O) groups is 3. The number of imide groups is 1. The van der Waals surface area contributed by atoms with Crippen LogP contribution in [0.2, 0.25) is 0 Å². The number of hydrogen-bond donors (Lipinski definition) is 3. The SMILES string of the molecule is CCNC(=O)NC(=O)CNc1cccc(C(=O)N2CCc3ccccc32)c1. The second-order valence-electron chi connectivity index (χ2n) is 6.18. The normalized spacial score (nSPS) is 12.3. The Morgan fingerprint density at radius 3 is 2.70 bits per heavy atom. The Hall–Kier alpha value is -3.35. The molecule has 0 saturated carbocycles. The van der Waals surface area contributed by atoms with Crippen molar-refractivity contribution >= 4 is 29.2 Å². The van der Waals surface area contributed by atoms with Gasteiger partial charge in [-0.3, -0.25) is 14.9 Å². The summed E-state index contributed by atoms with van der Waals surface area (Å²) >= 11 is 0. The van der Waals surface area contributed by atoms with Gasteiger partial charge in [0.1, 0.15) is 0 Å². The number of nitrogens with zero attached hydrogens (tertiary/aromatic N) is 1. The van der Waals surface area contributed by atoms with E-state index in [2.05, 4.69) is 16.0 Å². The topological polar surface area (TPSA) is 90.5 Å². The van der Waals surface area contributed by atoms with Crippen molar-refractivity contribution in [2.45, 2.75) is 13.3 Å². The molecule has 1 aliphatic heterocycles. The number of rotatable bonds is 5. The fourth-order valence-electron chi connectivity index (χ4n) is 3.03. The fourth-order valence-corrected chi connectivity index (χ4v) is 3.03. The molecule has 7 nitrogen and oxygen atoms in total. The van der Waals surface area contributed by atoms with Gasteiger partial charge in [-0.15, -0.1) is 0 Å². The van der Waals surface area contributed by atoms with Gasteiger partial charge in [-0.05, 0) is 43.2 Å². The van der Waals surface area contributed by atoms with E-state index < -0.39 is 11.9 Å². The van der Waals surface area contributed by atoms with Gasteiger partial charge in [-0.1, -0.05) is 24.3 Å². The minimum atomic E-state index is -0.527. The molecule has 1 heterocycles. The predicted molar refractivity (Wildman–Crippen MR) is 104 cm³/mol. The maximum absolute atomic E-state index is 12.9. The molecular formula is C20H22N4O3. The predicted octanol–water partition coefficient (Wildman–Crippen LogP) is 2.15. The van der Waals surface area contributed by atoms with Crippen LogP contribution in [0.3, 0.4) is 0 Å². The summed E-state index contributed by atoms with van der Waals surface area (Å²) in [5.41, 5.74) is 3.30. The zero-order valence-corrected chi connectivity index (χ0v) is 15.1. The standard InChI is InChI=1S/C20H22N4O3/c1-2-21-20(27)23-18(25)13-22-16-8-5-7-15(12-16)19(26)24-11-10-14-6-3-4-9-17(14)24/h3-9,12,22H,2,10-11,13H2,1H3,(H2,21,23,25,27). The lowest BCUT2D eigenvalue weighted by molar-refractivity contribution is -0.118. The largest absolute Gasteiger partial charge is 0.376 e. The van der Waals surface area contributed by atoms with Crippen LogP contribution in [0.4, 0.5) is 16.2 Å². The van der Waals surface area contributed by atoms with Crippen molar-refractivity contribution in [2.75, 3.05) is 29.9 Å². The number of para-hydroxylation sites is 1. The van der Waals surface area contributed by atoms with E-state index in [1.54, 1.807) is 36.1 Å². The van der Waals surface area contributed by atoms with E-state index in [0.29, 0.717) is 24.3 Å². The Kier molecular flexibility index (Phi) is 5.71. The number of urea groups is 1. The van der Waals surface area contributed by atoms with Crippen molar-refractivity contribution in [3.63, 3.8) is 0 Å². The fraction of sp³-hybridized carbons (Fsp3) is 0.250. The summed E-state index contributed by atoms with van der Waals surface area (Å²) in [6, 6.07) is 14.4. The Morgan fingerprint density at radius 2 is 1.89 bits per heavy atom. The number of anilines is 2. The Morgan fingerprint density at radius 1 is 1.07 bits per heavy atom. The van der Waals surface area contributed by atoms with Crippen LogP contribution in [-0.4, -0.2) is 37.5 Å². The van der Waals surface area contributed by atoms with Crippen LogP contribution in [-0.2, 0) is 11.2 Å². The number of hydrogen-bond acceptors (Lipinski definition) is 4. The summed E-state index contributed by atoms with van der Waals surface area (Å²) in [6.45, 7) is 2.80. The van der Waals surface area contributed by atoms with E-state index in [4.69, 9.17) is 0 Å². The smallest absolute Gasteiger partial charge is 0.321 e. The third-order valence-corrected chi connectivity index (χ3v) is 4.29. The molecule has 0 aliphatic carbocycles. The summed E-state index contributed by atoms with van der Waals surface area (Å²) in [4.78, 5) is 37.7. The third kappa shape index (κ3) is 4.44. The molecule has 0 spiro atoms. The number of nitrogens with one attached hydrogen (secondary N) is 3. The highest BCUT2D eigenvalue weighted by molar-refractivity contribution is 6.07. The Labute approximate surface area is 157 Å². The number of carbonyl (C=O) groups excluding carboxylic acids is 3. The average Bonchev–Trinajstić information content (AvgIpc) is 3.10. The highest BCUT2D eigenvalue weighted by Gasteiger charge is 2.25. The van der Waals surface area contributed by atoms with Crippen LogP contribution in [0.1, 0.15) is 22.8 Å². The molecule has 0 saturated heterocycles. The monoisotopic (exact) mass is 366 g/mol. The van der Waals surface area contributed by atoms with E-state index in [-0.39, 0.29) is 12.5 Å². The molecular weight excluding hydrogens is 344 g/mol. The van der Waals surface area contributed by atoms with Gasteiger partial charge in [0.15, 0.2) is 0 Å². The van der Waals surface area contributed by atoms with Crippen molar-refractivity contribution in [1.82, 2.24) is 10.6 Å². The van der Waals surface area contributed by atoms with E-state index in [1.165, 1.54) is 5.56 Å². The van der Waals surface area contributed by atoms with Crippen molar-refractivity contribution in [1.29, 1.82) is 0 Å². The van der Waals surface area contributed by atoms with Gasteiger partial charge < -0.3 is 15.5 Å². The van der Waals surface area contributed by atoms with Gasteiger partial charge in [0.25, 0.3) is 5.91 Å². The molecule has 1 aliphatic rings. The lowest BCUT2D eigenvalue weighted by atomic mass is 10.1. The second kappa shape index (κ2) is 8.35. The molecule has 0 aromatic heterocycles. The molecule has 0 radical (unpaired) electrons. The first-order valence-electron chi connectivity index (χ1n) is 8.90. The Bertz CT molecular complexity index is 866. The summed E-state index contributed by atoms with van der Waals surface area (Å²) < 4.78 is 0. The third-order valence-electron chi connectivity index (χ3n) is 4.29. The zero-order valence-electron chi connectivity index (χ0n) is 15.1. The van der Waals surface area contributed by atoms with Gasteiger partial charge in [-0.25, -0.2) is 4.79 Å². The van der Waals surface area contributed by atoms with E-state index in [1.807, 2.05) is 24.3 Å².